The maximum Gasteiger partial charge on any atom is 0.264 e. The maximum atomic E-state index is 13.0. The predicted octanol–water partition coefficient (Wildman–Crippen LogP) is 6.20. The normalized spacial score (nSPS) is 19.8. The van der Waals surface area contributed by atoms with E-state index in [0.717, 1.165) is 16.9 Å². The molecule has 0 aromatic heterocycles. The number of carbonyl (C=O) groups is 2. The first kappa shape index (κ1) is 25.6. The summed E-state index contributed by atoms with van der Waals surface area (Å²) in [6, 6.07) is 25.3. The number of anilines is 1. The van der Waals surface area contributed by atoms with Gasteiger partial charge in [0.1, 0.15) is 23.7 Å². The van der Waals surface area contributed by atoms with Crippen LogP contribution in [-0.4, -0.2) is 22.5 Å². The molecule has 2 amide bonds. The van der Waals surface area contributed by atoms with Crippen LogP contribution in [0.4, 0.5) is 5.69 Å². The minimum atomic E-state index is -1.08. The van der Waals surface area contributed by atoms with Crippen molar-refractivity contribution < 1.29 is 19.4 Å². The van der Waals surface area contributed by atoms with E-state index in [2.05, 4.69) is 10.6 Å². The van der Waals surface area contributed by atoms with Crippen LogP contribution in [0.1, 0.15) is 61.6 Å². The second-order valence-corrected chi connectivity index (χ2v) is 10.5. The number of nitrogens with one attached hydrogen (secondary N) is 2. The van der Waals surface area contributed by atoms with Crippen molar-refractivity contribution in [2.24, 2.45) is 0 Å². The number of hydrogen-bond acceptors (Lipinski definition) is 4. The molecule has 0 radical (unpaired) electrons. The van der Waals surface area contributed by atoms with Gasteiger partial charge in [-0.3, -0.25) is 9.59 Å². The monoisotopic (exact) mass is 510 g/mol. The third-order valence-electron chi connectivity index (χ3n) is 7.58. The van der Waals surface area contributed by atoms with E-state index < -0.39 is 17.4 Å². The topological polar surface area (TPSA) is 87.7 Å². The van der Waals surface area contributed by atoms with Gasteiger partial charge in [-0.15, -0.1) is 0 Å². The van der Waals surface area contributed by atoms with E-state index in [-0.39, 0.29) is 11.3 Å². The van der Waals surface area contributed by atoms with Crippen molar-refractivity contribution >= 4 is 17.5 Å². The molecule has 0 spiro atoms. The molecule has 1 saturated carbocycles. The Kier molecular flexibility index (Phi) is 7.50. The van der Waals surface area contributed by atoms with Crippen molar-refractivity contribution in [3.05, 3.63) is 107 Å². The van der Waals surface area contributed by atoms with Crippen LogP contribution in [-0.2, 0) is 22.6 Å². The molecule has 6 nitrogen and oxygen atoms in total. The third-order valence-corrected chi connectivity index (χ3v) is 7.58. The Morgan fingerprint density at radius 2 is 1.63 bits per heavy atom. The van der Waals surface area contributed by atoms with Crippen LogP contribution in [0.5, 0.6) is 5.75 Å². The zero-order chi connectivity index (χ0) is 26.5. The lowest BCUT2D eigenvalue weighted by Gasteiger charge is -2.25. The number of amides is 2. The second-order valence-electron chi connectivity index (χ2n) is 10.5. The number of hydrogen-bond donors (Lipinski definition) is 3. The molecule has 3 N–H and O–H groups in total. The van der Waals surface area contributed by atoms with Gasteiger partial charge in [-0.25, -0.2) is 0 Å². The van der Waals surface area contributed by atoms with Gasteiger partial charge in [0.05, 0.1) is 5.54 Å². The van der Waals surface area contributed by atoms with Crippen molar-refractivity contribution in [1.29, 1.82) is 0 Å². The van der Waals surface area contributed by atoms with Gasteiger partial charge in [-0.2, -0.15) is 0 Å². The van der Waals surface area contributed by atoms with E-state index in [0.29, 0.717) is 24.6 Å². The lowest BCUT2D eigenvalue weighted by Crippen LogP contribution is -2.43. The fourth-order valence-corrected chi connectivity index (χ4v) is 5.42. The molecule has 1 atom stereocenters. The number of rotatable bonds is 8. The summed E-state index contributed by atoms with van der Waals surface area (Å²) < 4.78 is 5.85. The standard InChI is InChI=1S/C32H34N2O4/c1-32(20-22-12-18-27(19-13-22)38-21-23-8-4-2-5-9-23)29(35)28(31(37)34-32)30(36)33-26-16-14-25(15-17-26)24-10-6-3-7-11-24/h2,4-5,8-9,12-19,24,35H,3,6-7,10-11,20-21H2,1H3,(H,33,36)(H,34,37). The van der Waals surface area contributed by atoms with Crippen LogP contribution >= 0.6 is 0 Å². The Hall–Kier alpha value is -4.06. The Morgan fingerprint density at radius 3 is 2.32 bits per heavy atom. The van der Waals surface area contributed by atoms with Crippen LogP contribution in [0.25, 0.3) is 0 Å². The summed E-state index contributed by atoms with van der Waals surface area (Å²) >= 11 is 0. The number of benzene rings is 3. The van der Waals surface area contributed by atoms with Gasteiger partial charge in [-0.05, 0) is 66.6 Å². The van der Waals surface area contributed by atoms with Gasteiger partial charge in [0.2, 0.25) is 0 Å². The summed E-state index contributed by atoms with van der Waals surface area (Å²) in [5.41, 5.74) is 2.53. The molecule has 196 valence electrons. The smallest absolute Gasteiger partial charge is 0.264 e. The molecule has 2 aliphatic rings. The quantitative estimate of drug-likeness (QED) is 0.315. The lowest BCUT2D eigenvalue weighted by atomic mass is 9.84. The number of ether oxygens (including phenoxy) is 1. The van der Waals surface area contributed by atoms with Crippen molar-refractivity contribution in [3.63, 3.8) is 0 Å². The third kappa shape index (κ3) is 5.75. The largest absolute Gasteiger partial charge is 0.509 e. The average molecular weight is 511 g/mol. The Labute approximate surface area is 223 Å². The molecule has 38 heavy (non-hydrogen) atoms. The zero-order valence-corrected chi connectivity index (χ0v) is 21.7. The molecule has 1 aliphatic heterocycles. The summed E-state index contributed by atoms with van der Waals surface area (Å²) in [5.74, 6) is -0.134. The molecule has 6 heteroatoms. The van der Waals surface area contributed by atoms with E-state index in [4.69, 9.17) is 4.74 Å². The summed E-state index contributed by atoms with van der Waals surface area (Å²) in [6.45, 7) is 2.19. The second kappa shape index (κ2) is 11.1. The van der Waals surface area contributed by atoms with E-state index in [1.807, 2.05) is 78.9 Å². The van der Waals surface area contributed by atoms with Crippen molar-refractivity contribution in [2.45, 2.75) is 63.5 Å². The zero-order valence-electron chi connectivity index (χ0n) is 21.7. The van der Waals surface area contributed by atoms with Gasteiger partial charge in [0.25, 0.3) is 11.8 Å². The molecular formula is C32H34N2O4. The fraction of sp³-hybridized carbons (Fsp3) is 0.312. The Morgan fingerprint density at radius 1 is 0.947 bits per heavy atom. The Bertz CT molecular complexity index is 1310. The minimum Gasteiger partial charge on any atom is -0.509 e. The predicted molar refractivity (Wildman–Crippen MR) is 148 cm³/mol. The summed E-state index contributed by atoms with van der Waals surface area (Å²) in [7, 11) is 0. The van der Waals surface area contributed by atoms with Gasteiger partial charge in [-0.1, -0.05) is 73.9 Å². The molecule has 5 rings (SSSR count). The van der Waals surface area contributed by atoms with Crippen molar-refractivity contribution in [1.82, 2.24) is 5.32 Å². The van der Waals surface area contributed by atoms with Gasteiger partial charge in [0, 0.05) is 12.1 Å². The van der Waals surface area contributed by atoms with Crippen LogP contribution in [0.15, 0.2) is 90.2 Å². The molecule has 3 aromatic rings. The summed E-state index contributed by atoms with van der Waals surface area (Å²) in [6.07, 6.45) is 6.56. The first-order valence-electron chi connectivity index (χ1n) is 13.3. The molecule has 0 bridgehead atoms. The highest BCUT2D eigenvalue weighted by Gasteiger charge is 2.44. The average Bonchev–Trinajstić information content (AvgIpc) is 3.16. The maximum absolute atomic E-state index is 13.0. The molecule has 1 unspecified atom stereocenters. The molecular weight excluding hydrogens is 476 g/mol. The van der Waals surface area contributed by atoms with Gasteiger partial charge < -0.3 is 20.5 Å². The van der Waals surface area contributed by atoms with Gasteiger partial charge in [0.15, 0.2) is 0 Å². The lowest BCUT2D eigenvalue weighted by molar-refractivity contribution is -0.121. The highest BCUT2D eigenvalue weighted by molar-refractivity contribution is 6.24. The van der Waals surface area contributed by atoms with Crippen LogP contribution in [0, 0.1) is 0 Å². The molecule has 1 aliphatic carbocycles. The molecule has 1 heterocycles. The van der Waals surface area contributed by atoms with Crippen LogP contribution < -0.4 is 15.4 Å². The number of aliphatic hydroxyl groups is 1. The van der Waals surface area contributed by atoms with E-state index in [1.54, 1.807) is 6.92 Å². The summed E-state index contributed by atoms with van der Waals surface area (Å²) in [4.78, 5) is 25.7. The van der Waals surface area contributed by atoms with Crippen molar-refractivity contribution in [3.8, 4) is 5.75 Å². The molecule has 3 aromatic carbocycles. The number of aliphatic hydroxyl groups excluding tert-OH is 1. The summed E-state index contributed by atoms with van der Waals surface area (Å²) in [5, 5.41) is 16.6. The highest BCUT2D eigenvalue weighted by Crippen LogP contribution is 2.34. The van der Waals surface area contributed by atoms with Crippen molar-refractivity contribution in [2.75, 3.05) is 5.32 Å². The van der Waals surface area contributed by atoms with Gasteiger partial charge >= 0.3 is 0 Å². The fourth-order valence-electron chi connectivity index (χ4n) is 5.42. The first-order chi connectivity index (χ1) is 18.4. The number of carbonyl (C=O) groups excluding carboxylic acids is 2. The minimum absolute atomic E-state index is 0.244. The van der Waals surface area contributed by atoms with E-state index in [1.165, 1.54) is 37.7 Å². The molecule has 1 fully saturated rings. The SMILES string of the molecule is CC1(Cc2ccc(OCc3ccccc3)cc2)NC(=O)C(C(=O)Nc2ccc(C3CCCCC3)cc2)=C1O. The van der Waals surface area contributed by atoms with E-state index >= 15 is 0 Å². The highest BCUT2D eigenvalue weighted by atomic mass is 16.5. The Balaban J connectivity index is 1.22. The van der Waals surface area contributed by atoms with Crippen LogP contribution in [0.2, 0.25) is 0 Å². The molecule has 0 saturated heterocycles. The first-order valence-corrected chi connectivity index (χ1v) is 13.3. The van der Waals surface area contributed by atoms with E-state index in [9.17, 15) is 14.7 Å². The van der Waals surface area contributed by atoms with Crippen LogP contribution in [0.3, 0.4) is 0 Å².